The van der Waals surface area contributed by atoms with Crippen LogP contribution in [0.15, 0.2) is 18.2 Å². The lowest BCUT2D eigenvalue weighted by Gasteiger charge is -2.21. The van der Waals surface area contributed by atoms with Crippen molar-refractivity contribution in [3.8, 4) is 6.07 Å². The van der Waals surface area contributed by atoms with Crippen LogP contribution in [0.5, 0.6) is 0 Å². The molecule has 0 amide bonds. The average molecular weight is 188 g/mol. The van der Waals surface area contributed by atoms with Crippen LogP contribution < -0.4 is 0 Å². The van der Waals surface area contributed by atoms with Crippen LogP contribution >= 0.6 is 0 Å². The molecular formula is C11H9FN2. The summed E-state index contributed by atoms with van der Waals surface area (Å²) in [4.78, 5) is 4.18. The molecule has 1 aliphatic rings. The van der Waals surface area contributed by atoms with Gasteiger partial charge in [-0.25, -0.2) is 4.39 Å². The zero-order valence-corrected chi connectivity index (χ0v) is 7.79. The number of hydrogen-bond acceptors (Lipinski definition) is 2. The molecule has 1 atom stereocenters. The van der Waals surface area contributed by atoms with E-state index in [1.54, 1.807) is 30.4 Å². The van der Waals surface area contributed by atoms with Crippen LogP contribution in [0.25, 0.3) is 6.08 Å². The predicted octanol–water partition coefficient (Wildman–Crippen LogP) is 2.50. The fourth-order valence-electron chi connectivity index (χ4n) is 1.59. The first-order valence-electron chi connectivity index (χ1n) is 4.40. The van der Waals surface area contributed by atoms with Crippen LogP contribution in [0.4, 0.5) is 4.39 Å². The Bertz CT molecular complexity index is 445. The average Bonchev–Trinajstić information content (AvgIpc) is 2.18. The Morgan fingerprint density at radius 1 is 1.57 bits per heavy atom. The molecule has 70 valence electrons. The molecule has 0 bridgehead atoms. The van der Waals surface area contributed by atoms with Crippen LogP contribution in [0.3, 0.4) is 0 Å². The van der Waals surface area contributed by atoms with Crippen molar-refractivity contribution >= 4 is 6.08 Å². The van der Waals surface area contributed by atoms with E-state index in [9.17, 15) is 4.39 Å². The zero-order valence-electron chi connectivity index (χ0n) is 7.79. The smallest absolute Gasteiger partial charge is 0.226 e. The van der Waals surface area contributed by atoms with Gasteiger partial charge in [0.15, 0.2) is 0 Å². The number of allylic oxidation sites excluding steroid dienone is 1. The van der Waals surface area contributed by atoms with Gasteiger partial charge in [0.25, 0.3) is 0 Å². The summed E-state index contributed by atoms with van der Waals surface area (Å²) in [5, 5.41) is 8.78. The number of fused-ring (bicyclic) bond motifs is 1. The van der Waals surface area contributed by atoms with E-state index in [-0.39, 0.29) is 6.42 Å². The van der Waals surface area contributed by atoms with Gasteiger partial charge in [0.2, 0.25) is 5.67 Å². The second-order valence-corrected chi connectivity index (χ2v) is 3.40. The maximum Gasteiger partial charge on any atom is 0.226 e. The second-order valence-electron chi connectivity index (χ2n) is 3.40. The predicted molar refractivity (Wildman–Crippen MR) is 51.0 cm³/mol. The third kappa shape index (κ3) is 1.20. The molecular weight excluding hydrogens is 179 g/mol. The Labute approximate surface area is 81.7 Å². The Morgan fingerprint density at radius 3 is 3.07 bits per heavy atom. The number of aromatic nitrogens is 1. The second kappa shape index (κ2) is 2.91. The Morgan fingerprint density at radius 2 is 2.36 bits per heavy atom. The van der Waals surface area contributed by atoms with E-state index in [0.29, 0.717) is 11.3 Å². The standard InChI is InChI=1S/C11H9FN2/c1-8-4-5-9-10(14-8)3-2-6-11(9,12)7-13/h2-5H,6H2,1H3. The highest BCUT2D eigenvalue weighted by molar-refractivity contribution is 5.56. The molecule has 1 aromatic heterocycles. The highest BCUT2D eigenvalue weighted by Gasteiger charge is 2.35. The molecule has 14 heavy (non-hydrogen) atoms. The van der Waals surface area contributed by atoms with Gasteiger partial charge in [-0.1, -0.05) is 12.1 Å². The summed E-state index contributed by atoms with van der Waals surface area (Å²) in [7, 11) is 0. The van der Waals surface area contributed by atoms with Gasteiger partial charge in [0.1, 0.15) is 6.07 Å². The van der Waals surface area contributed by atoms with Gasteiger partial charge in [-0.05, 0) is 19.1 Å². The van der Waals surface area contributed by atoms with E-state index in [0.717, 1.165) is 5.69 Å². The molecule has 2 nitrogen and oxygen atoms in total. The van der Waals surface area contributed by atoms with E-state index in [1.165, 1.54) is 0 Å². The van der Waals surface area contributed by atoms with E-state index in [2.05, 4.69) is 4.98 Å². The molecule has 0 fully saturated rings. The summed E-state index contributed by atoms with van der Waals surface area (Å²) < 4.78 is 14.0. The SMILES string of the molecule is Cc1ccc2c(n1)C=CCC2(F)C#N. The lowest BCUT2D eigenvalue weighted by atomic mass is 9.88. The minimum absolute atomic E-state index is 0.112. The first kappa shape index (κ1) is 8.89. The molecule has 1 aromatic rings. The number of pyridine rings is 1. The number of alkyl halides is 1. The Kier molecular flexibility index (Phi) is 1.85. The number of halogens is 1. The molecule has 1 aliphatic carbocycles. The van der Waals surface area contributed by atoms with Crippen LogP contribution in [0.2, 0.25) is 0 Å². The van der Waals surface area contributed by atoms with Crippen molar-refractivity contribution in [2.24, 2.45) is 0 Å². The Balaban J connectivity index is 2.64. The number of hydrogen-bond donors (Lipinski definition) is 0. The molecule has 1 unspecified atom stereocenters. The minimum atomic E-state index is -1.90. The summed E-state index contributed by atoms with van der Waals surface area (Å²) in [6.07, 6.45) is 3.52. The van der Waals surface area contributed by atoms with E-state index >= 15 is 0 Å². The van der Waals surface area contributed by atoms with Crippen molar-refractivity contribution in [1.29, 1.82) is 5.26 Å². The molecule has 0 radical (unpaired) electrons. The maximum absolute atomic E-state index is 14.0. The van der Waals surface area contributed by atoms with Gasteiger partial charge in [-0.15, -0.1) is 0 Å². The van der Waals surface area contributed by atoms with Crippen molar-refractivity contribution in [3.05, 3.63) is 35.2 Å². The first-order valence-corrected chi connectivity index (χ1v) is 4.40. The lowest BCUT2D eigenvalue weighted by Crippen LogP contribution is -2.21. The molecule has 0 spiro atoms. The molecule has 1 heterocycles. The normalized spacial score (nSPS) is 24.1. The van der Waals surface area contributed by atoms with E-state index < -0.39 is 5.67 Å². The number of rotatable bonds is 0. The summed E-state index contributed by atoms with van der Waals surface area (Å²) in [6.45, 7) is 1.84. The molecule has 0 N–H and O–H groups in total. The molecule has 0 aromatic carbocycles. The van der Waals surface area contributed by atoms with Gasteiger partial charge in [-0.2, -0.15) is 5.26 Å². The third-order valence-electron chi connectivity index (χ3n) is 2.34. The van der Waals surface area contributed by atoms with Gasteiger partial charge >= 0.3 is 0 Å². The van der Waals surface area contributed by atoms with Crippen molar-refractivity contribution in [2.45, 2.75) is 19.0 Å². The van der Waals surface area contributed by atoms with Crippen LogP contribution in [-0.2, 0) is 5.67 Å². The van der Waals surface area contributed by atoms with Crippen molar-refractivity contribution in [1.82, 2.24) is 4.98 Å². The summed E-state index contributed by atoms with van der Waals surface area (Å²) in [6, 6.07) is 5.07. The Hall–Kier alpha value is -1.69. The lowest BCUT2D eigenvalue weighted by molar-refractivity contribution is 0.245. The quantitative estimate of drug-likeness (QED) is 0.627. The zero-order chi connectivity index (χ0) is 10.2. The first-order chi connectivity index (χ1) is 6.65. The van der Waals surface area contributed by atoms with E-state index in [1.807, 2.05) is 6.92 Å². The van der Waals surface area contributed by atoms with Gasteiger partial charge < -0.3 is 0 Å². The summed E-state index contributed by atoms with van der Waals surface area (Å²) in [5.74, 6) is 0. The molecule has 0 saturated heterocycles. The molecule has 3 heteroatoms. The third-order valence-corrected chi connectivity index (χ3v) is 2.34. The fraction of sp³-hybridized carbons (Fsp3) is 0.273. The number of nitrogens with zero attached hydrogens (tertiary/aromatic N) is 2. The monoisotopic (exact) mass is 188 g/mol. The highest BCUT2D eigenvalue weighted by Crippen LogP contribution is 2.35. The van der Waals surface area contributed by atoms with Gasteiger partial charge in [0, 0.05) is 17.7 Å². The summed E-state index contributed by atoms with van der Waals surface area (Å²) in [5.41, 5.74) is -0.117. The largest absolute Gasteiger partial charge is 0.253 e. The van der Waals surface area contributed by atoms with Crippen molar-refractivity contribution in [3.63, 3.8) is 0 Å². The van der Waals surface area contributed by atoms with Crippen molar-refractivity contribution in [2.75, 3.05) is 0 Å². The summed E-state index contributed by atoms with van der Waals surface area (Å²) >= 11 is 0. The van der Waals surface area contributed by atoms with Gasteiger partial charge in [0.05, 0.1) is 5.69 Å². The molecule has 0 saturated carbocycles. The topological polar surface area (TPSA) is 36.7 Å². The van der Waals surface area contributed by atoms with Crippen LogP contribution in [0.1, 0.15) is 23.4 Å². The van der Waals surface area contributed by atoms with Gasteiger partial charge in [-0.3, -0.25) is 4.98 Å². The van der Waals surface area contributed by atoms with Crippen LogP contribution in [0, 0.1) is 18.3 Å². The molecule has 2 rings (SSSR count). The van der Waals surface area contributed by atoms with Crippen LogP contribution in [-0.4, -0.2) is 4.98 Å². The van der Waals surface area contributed by atoms with E-state index in [4.69, 9.17) is 5.26 Å². The fourth-order valence-corrected chi connectivity index (χ4v) is 1.59. The minimum Gasteiger partial charge on any atom is -0.253 e. The molecule has 0 aliphatic heterocycles. The highest BCUT2D eigenvalue weighted by atomic mass is 19.1. The van der Waals surface area contributed by atoms with Crippen molar-refractivity contribution < 1.29 is 4.39 Å². The number of nitriles is 1. The number of aryl methyl sites for hydroxylation is 1. The maximum atomic E-state index is 14.0.